The third kappa shape index (κ3) is 2.95. The highest BCUT2D eigenvalue weighted by molar-refractivity contribution is 6.29. The summed E-state index contributed by atoms with van der Waals surface area (Å²) in [5.41, 5.74) is 0. The van der Waals surface area contributed by atoms with Crippen LogP contribution in [0.1, 0.15) is 18.7 Å². The molecule has 1 fully saturated rings. The standard InChI is InChI=1S/C11H12ClF3N4O/c1-16-9(20)6-3-2-4-19(6)8-5-7(12)17-10(18-8)11(13,14)15/h5-6H,2-4H2,1H3,(H,16,20). The van der Waals surface area contributed by atoms with Crippen molar-refractivity contribution < 1.29 is 18.0 Å². The van der Waals surface area contributed by atoms with Crippen LogP contribution in [0.2, 0.25) is 5.15 Å². The van der Waals surface area contributed by atoms with Gasteiger partial charge in [0, 0.05) is 19.7 Å². The maximum absolute atomic E-state index is 12.7. The van der Waals surface area contributed by atoms with Gasteiger partial charge in [-0.25, -0.2) is 9.97 Å². The molecule has 0 spiro atoms. The molecule has 0 radical (unpaired) electrons. The van der Waals surface area contributed by atoms with Gasteiger partial charge in [-0.05, 0) is 12.8 Å². The molecule has 1 N–H and O–H groups in total. The zero-order valence-corrected chi connectivity index (χ0v) is 11.3. The fraction of sp³-hybridized carbons (Fsp3) is 0.545. The van der Waals surface area contributed by atoms with E-state index in [4.69, 9.17) is 11.6 Å². The lowest BCUT2D eigenvalue weighted by atomic mass is 10.2. The van der Waals surface area contributed by atoms with Crippen molar-refractivity contribution >= 4 is 23.3 Å². The summed E-state index contributed by atoms with van der Waals surface area (Å²) in [5, 5.41) is 2.19. The zero-order valence-electron chi connectivity index (χ0n) is 10.5. The van der Waals surface area contributed by atoms with Gasteiger partial charge in [0.25, 0.3) is 0 Å². The van der Waals surface area contributed by atoms with E-state index in [-0.39, 0.29) is 16.9 Å². The molecule has 2 heterocycles. The number of rotatable bonds is 2. The van der Waals surface area contributed by atoms with E-state index >= 15 is 0 Å². The Morgan fingerprint density at radius 3 is 2.80 bits per heavy atom. The molecule has 1 saturated heterocycles. The summed E-state index contributed by atoms with van der Waals surface area (Å²) in [6.07, 6.45) is -3.43. The highest BCUT2D eigenvalue weighted by Crippen LogP contribution is 2.31. The lowest BCUT2D eigenvalue weighted by Crippen LogP contribution is -2.42. The third-order valence-corrected chi connectivity index (χ3v) is 3.22. The van der Waals surface area contributed by atoms with Crippen LogP contribution in [0.4, 0.5) is 19.0 Å². The summed E-state index contributed by atoms with van der Waals surface area (Å²) in [6, 6.07) is 0.699. The van der Waals surface area contributed by atoms with E-state index in [1.807, 2.05) is 0 Å². The molecule has 0 aromatic carbocycles. The molecule has 1 aliphatic heterocycles. The Morgan fingerprint density at radius 2 is 2.20 bits per heavy atom. The average Bonchev–Trinajstić information content (AvgIpc) is 2.85. The number of nitrogens with zero attached hydrogens (tertiary/aromatic N) is 3. The molecule has 1 amide bonds. The second-order valence-electron chi connectivity index (χ2n) is 4.34. The van der Waals surface area contributed by atoms with Crippen LogP contribution in [-0.4, -0.2) is 35.5 Å². The van der Waals surface area contributed by atoms with Crippen LogP contribution in [0.5, 0.6) is 0 Å². The fourth-order valence-corrected chi connectivity index (χ4v) is 2.34. The predicted octanol–water partition coefficient (Wildman–Crippen LogP) is 1.86. The van der Waals surface area contributed by atoms with E-state index in [1.165, 1.54) is 18.0 Å². The fourth-order valence-electron chi connectivity index (χ4n) is 2.16. The van der Waals surface area contributed by atoms with Gasteiger partial charge in [0.15, 0.2) is 0 Å². The number of hydrogen-bond acceptors (Lipinski definition) is 4. The molecule has 2 rings (SSSR count). The maximum atomic E-state index is 12.7. The van der Waals surface area contributed by atoms with Crippen LogP contribution in [-0.2, 0) is 11.0 Å². The summed E-state index contributed by atoms with van der Waals surface area (Å²) < 4.78 is 38.0. The molecule has 20 heavy (non-hydrogen) atoms. The predicted molar refractivity (Wildman–Crippen MR) is 66.5 cm³/mol. The van der Waals surface area contributed by atoms with Crippen molar-refractivity contribution in [3.05, 3.63) is 17.0 Å². The first-order chi connectivity index (χ1) is 9.32. The Morgan fingerprint density at radius 1 is 1.50 bits per heavy atom. The van der Waals surface area contributed by atoms with Crippen molar-refractivity contribution in [2.24, 2.45) is 0 Å². The molecule has 9 heteroatoms. The SMILES string of the molecule is CNC(=O)C1CCCN1c1cc(Cl)nc(C(F)(F)F)n1. The Bertz CT molecular complexity index is 523. The van der Waals surface area contributed by atoms with Gasteiger partial charge in [0.1, 0.15) is 17.0 Å². The second-order valence-corrected chi connectivity index (χ2v) is 4.72. The average molecular weight is 309 g/mol. The molecular formula is C11H12ClF3N4O. The van der Waals surface area contributed by atoms with Gasteiger partial charge in [-0.2, -0.15) is 13.2 Å². The van der Waals surface area contributed by atoms with E-state index in [2.05, 4.69) is 15.3 Å². The van der Waals surface area contributed by atoms with Gasteiger partial charge in [-0.3, -0.25) is 4.79 Å². The molecule has 1 aliphatic rings. The summed E-state index contributed by atoms with van der Waals surface area (Å²) in [5.74, 6) is -1.54. The van der Waals surface area contributed by atoms with E-state index in [0.29, 0.717) is 19.4 Å². The van der Waals surface area contributed by atoms with Gasteiger partial charge >= 0.3 is 6.18 Å². The minimum Gasteiger partial charge on any atom is -0.357 e. The first-order valence-electron chi connectivity index (χ1n) is 5.93. The molecule has 1 aromatic heterocycles. The second kappa shape index (κ2) is 5.43. The maximum Gasteiger partial charge on any atom is 0.451 e. The lowest BCUT2D eigenvalue weighted by Gasteiger charge is -2.24. The molecule has 0 aliphatic carbocycles. The molecule has 1 aromatic rings. The minimum absolute atomic E-state index is 0.0171. The number of aromatic nitrogens is 2. The number of likely N-dealkylation sites (N-methyl/N-ethyl adjacent to an activating group) is 1. The van der Waals surface area contributed by atoms with Gasteiger partial charge in [-0.15, -0.1) is 0 Å². The number of alkyl halides is 3. The number of carbonyl (C=O) groups is 1. The van der Waals surface area contributed by atoms with Gasteiger partial charge in [0.05, 0.1) is 0 Å². The van der Waals surface area contributed by atoms with Crippen LogP contribution in [0.25, 0.3) is 0 Å². The van der Waals surface area contributed by atoms with Crippen molar-refractivity contribution in [3.63, 3.8) is 0 Å². The summed E-state index contributed by atoms with van der Waals surface area (Å²) >= 11 is 5.62. The minimum atomic E-state index is -4.68. The van der Waals surface area contributed by atoms with E-state index in [1.54, 1.807) is 0 Å². The normalized spacial score (nSPS) is 19.2. The molecule has 1 unspecified atom stereocenters. The number of nitrogens with one attached hydrogen (secondary N) is 1. The monoisotopic (exact) mass is 308 g/mol. The topological polar surface area (TPSA) is 58.1 Å². The van der Waals surface area contributed by atoms with Crippen molar-refractivity contribution in [1.82, 2.24) is 15.3 Å². The number of hydrogen-bond donors (Lipinski definition) is 1. The highest BCUT2D eigenvalue weighted by atomic mass is 35.5. The largest absolute Gasteiger partial charge is 0.451 e. The quantitative estimate of drug-likeness (QED) is 0.847. The van der Waals surface area contributed by atoms with Crippen LogP contribution in [0.15, 0.2) is 6.07 Å². The highest BCUT2D eigenvalue weighted by Gasteiger charge is 2.37. The molecule has 110 valence electrons. The Hall–Kier alpha value is -1.57. The van der Waals surface area contributed by atoms with Crippen molar-refractivity contribution in [1.29, 1.82) is 0 Å². The van der Waals surface area contributed by atoms with Gasteiger partial charge in [-0.1, -0.05) is 11.6 Å². The summed E-state index contributed by atoms with van der Waals surface area (Å²) in [4.78, 5) is 19.9. The van der Waals surface area contributed by atoms with E-state index < -0.39 is 18.0 Å². The lowest BCUT2D eigenvalue weighted by molar-refractivity contribution is -0.144. The summed E-state index contributed by atoms with van der Waals surface area (Å²) in [7, 11) is 1.48. The third-order valence-electron chi connectivity index (χ3n) is 3.03. The number of halogens is 4. The Kier molecular flexibility index (Phi) is 4.03. The van der Waals surface area contributed by atoms with E-state index in [0.717, 1.165) is 0 Å². The Labute approximate surface area is 118 Å². The van der Waals surface area contributed by atoms with Crippen LogP contribution in [0.3, 0.4) is 0 Å². The molecule has 0 bridgehead atoms. The first kappa shape index (κ1) is 14.8. The van der Waals surface area contributed by atoms with Crippen LogP contribution >= 0.6 is 11.6 Å². The molecular weight excluding hydrogens is 297 g/mol. The molecule has 0 saturated carbocycles. The number of carbonyl (C=O) groups excluding carboxylic acids is 1. The van der Waals surface area contributed by atoms with Crippen LogP contribution < -0.4 is 10.2 Å². The Balaban J connectivity index is 2.37. The first-order valence-corrected chi connectivity index (χ1v) is 6.30. The van der Waals surface area contributed by atoms with Crippen molar-refractivity contribution in [3.8, 4) is 0 Å². The molecule has 5 nitrogen and oxygen atoms in total. The van der Waals surface area contributed by atoms with Gasteiger partial charge in [0.2, 0.25) is 11.7 Å². The number of amides is 1. The van der Waals surface area contributed by atoms with Crippen molar-refractivity contribution in [2.75, 3.05) is 18.5 Å². The zero-order chi connectivity index (χ0) is 14.9. The van der Waals surface area contributed by atoms with Gasteiger partial charge < -0.3 is 10.2 Å². The van der Waals surface area contributed by atoms with E-state index in [9.17, 15) is 18.0 Å². The molecule has 1 atom stereocenters. The van der Waals surface area contributed by atoms with Crippen molar-refractivity contribution in [2.45, 2.75) is 25.1 Å². The number of anilines is 1. The summed E-state index contributed by atoms with van der Waals surface area (Å²) in [6.45, 7) is 0.447. The smallest absolute Gasteiger partial charge is 0.357 e. The van der Waals surface area contributed by atoms with Crippen LogP contribution in [0, 0.1) is 0 Å².